The van der Waals surface area contributed by atoms with E-state index in [2.05, 4.69) is 41.0 Å². The van der Waals surface area contributed by atoms with Crippen LogP contribution in [0.2, 0.25) is 0 Å². The average molecular weight is 272 g/mol. The minimum absolute atomic E-state index is 0.284. The van der Waals surface area contributed by atoms with Crippen LogP contribution in [0.4, 0.5) is 0 Å². The minimum Gasteiger partial charge on any atom is -0.319 e. The molecule has 2 nitrogen and oxygen atoms in total. The third-order valence-corrected chi connectivity index (χ3v) is 5.19. The van der Waals surface area contributed by atoms with E-state index in [0.717, 1.165) is 12.2 Å². The van der Waals surface area contributed by atoms with Crippen LogP contribution in [0.5, 0.6) is 0 Å². The molecule has 0 spiro atoms. The zero-order valence-electron chi connectivity index (χ0n) is 11.4. The number of aromatic nitrogens is 1. The highest BCUT2D eigenvalue weighted by Gasteiger charge is 2.37. The average Bonchev–Trinajstić information content (AvgIpc) is 3.09. The molecule has 0 aliphatic heterocycles. The third-order valence-electron chi connectivity index (χ3n) is 4.10. The van der Waals surface area contributed by atoms with Gasteiger partial charge in [-0.25, -0.2) is 4.98 Å². The van der Waals surface area contributed by atoms with E-state index in [1.54, 1.807) is 0 Å². The van der Waals surface area contributed by atoms with Gasteiger partial charge in [-0.3, -0.25) is 0 Å². The quantitative estimate of drug-likeness (QED) is 0.914. The highest BCUT2D eigenvalue weighted by atomic mass is 32.1. The number of benzene rings is 1. The van der Waals surface area contributed by atoms with Crippen LogP contribution < -0.4 is 5.32 Å². The molecular weight excluding hydrogens is 252 g/mol. The number of thiazole rings is 1. The van der Waals surface area contributed by atoms with Crippen LogP contribution in [0, 0.1) is 0 Å². The Morgan fingerprint density at radius 2 is 1.95 bits per heavy atom. The fraction of sp³-hybridized carbons (Fsp3) is 0.438. The molecule has 0 unspecified atom stereocenters. The number of hydrogen-bond donors (Lipinski definition) is 1. The molecule has 1 aromatic carbocycles. The summed E-state index contributed by atoms with van der Waals surface area (Å²) in [5.41, 5.74) is 2.64. The Morgan fingerprint density at radius 3 is 2.63 bits per heavy atom. The smallest absolute Gasteiger partial charge is 0.101 e. The Morgan fingerprint density at radius 1 is 1.21 bits per heavy atom. The summed E-state index contributed by atoms with van der Waals surface area (Å²) in [6.07, 6.45) is 5.22. The Kier molecular flexibility index (Phi) is 3.67. The van der Waals surface area contributed by atoms with Gasteiger partial charge in [0.1, 0.15) is 5.01 Å². The van der Waals surface area contributed by atoms with Crippen LogP contribution in [0.1, 0.15) is 30.7 Å². The van der Waals surface area contributed by atoms with Gasteiger partial charge in [-0.05, 0) is 19.9 Å². The van der Waals surface area contributed by atoms with E-state index in [0.29, 0.717) is 0 Å². The van der Waals surface area contributed by atoms with Crippen molar-refractivity contribution < 1.29 is 0 Å². The van der Waals surface area contributed by atoms with E-state index in [-0.39, 0.29) is 5.41 Å². The third kappa shape index (κ3) is 2.45. The van der Waals surface area contributed by atoms with Gasteiger partial charge in [0.25, 0.3) is 0 Å². The monoisotopic (exact) mass is 272 g/mol. The first kappa shape index (κ1) is 12.8. The van der Waals surface area contributed by atoms with Gasteiger partial charge in [0.15, 0.2) is 0 Å². The summed E-state index contributed by atoms with van der Waals surface area (Å²) < 4.78 is 0. The van der Waals surface area contributed by atoms with E-state index in [1.807, 2.05) is 18.4 Å². The fourth-order valence-electron chi connectivity index (χ4n) is 3.12. The van der Waals surface area contributed by atoms with Gasteiger partial charge in [0.05, 0.1) is 5.69 Å². The zero-order chi connectivity index (χ0) is 13.1. The van der Waals surface area contributed by atoms with E-state index < -0.39 is 0 Å². The molecule has 3 heteroatoms. The standard InChI is InChI=1S/C16H20N2S/c1-17-12-16(9-5-6-10-16)15-18-14(11-19-15)13-7-3-2-4-8-13/h2-4,7-8,11,17H,5-6,9-10,12H2,1H3. The van der Waals surface area contributed by atoms with Crippen molar-refractivity contribution in [1.29, 1.82) is 0 Å². The van der Waals surface area contributed by atoms with Crippen LogP contribution in [-0.2, 0) is 5.41 Å². The molecule has 0 amide bonds. The Labute approximate surface area is 118 Å². The topological polar surface area (TPSA) is 24.9 Å². The molecule has 1 saturated carbocycles. The molecule has 1 aliphatic carbocycles. The molecule has 1 aromatic heterocycles. The molecule has 0 bridgehead atoms. The van der Waals surface area contributed by atoms with Gasteiger partial charge >= 0.3 is 0 Å². The first-order valence-electron chi connectivity index (χ1n) is 7.00. The number of hydrogen-bond acceptors (Lipinski definition) is 3. The highest BCUT2D eigenvalue weighted by Crippen LogP contribution is 2.42. The Balaban J connectivity index is 1.92. The van der Waals surface area contributed by atoms with Gasteiger partial charge in [-0.15, -0.1) is 11.3 Å². The second-order valence-electron chi connectivity index (χ2n) is 5.42. The van der Waals surface area contributed by atoms with Crippen molar-refractivity contribution in [3.63, 3.8) is 0 Å². The summed E-state index contributed by atoms with van der Waals surface area (Å²) in [6, 6.07) is 10.5. The normalized spacial score (nSPS) is 17.7. The minimum atomic E-state index is 0.284. The lowest BCUT2D eigenvalue weighted by Gasteiger charge is -2.26. The molecule has 3 rings (SSSR count). The summed E-state index contributed by atoms with van der Waals surface area (Å²) in [6.45, 7) is 1.05. The maximum Gasteiger partial charge on any atom is 0.101 e. The molecule has 19 heavy (non-hydrogen) atoms. The summed E-state index contributed by atoms with van der Waals surface area (Å²) in [7, 11) is 2.05. The van der Waals surface area contributed by atoms with Crippen molar-refractivity contribution >= 4 is 11.3 Å². The van der Waals surface area contributed by atoms with Crippen molar-refractivity contribution in [1.82, 2.24) is 10.3 Å². The summed E-state index contributed by atoms with van der Waals surface area (Å²) in [4.78, 5) is 4.93. The number of nitrogens with one attached hydrogen (secondary N) is 1. The number of rotatable bonds is 4. The Hall–Kier alpha value is -1.19. The predicted molar refractivity (Wildman–Crippen MR) is 81.6 cm³/mol. The zero-order valence-corrected chi connectivity index (χ0v) is 12.2. The van der Waals surface area contributed by atoms with Crippen molar-refractivity contribution in [2.45, 2.75) is 31.1 Å². The van der Waals surface area contributed by atoms with Gasteiger partial charge in [-0.2, -0.15) is 0 Å². The SMILES string of the molecule is CNCC1(c2nc(-c3ccccc3)cs2)CCCC1. The maximum absolute atomic E-state index is 4.93. The maximum atomic E-state index is 4.93. The van der Waals surface area contributed by atoms with E-state index >= 15 is 0 Å². The molecule has 0 atom stereocenters. The highest BCUT2D eigenvalue weighted by molar-refractivity contribution is 7.10. The van der Waals surface area contributed by atoms with Crippen LogP contribution in [0.25, 0.3) is 11.3 Å². The molecule has 1 fully saturated rings. The molecule has 0 saturated heterocycles. The number of likely N-dealkylation sites (N-methyl/N-ethyl adjacent to an activating group) is 1. The number of nitrogens with zero attached hydrogens (tertiary/aromatic N) is 1. The summed E-state index contributed by atoms with van der Waals surface area (Å²) in [5, 5.41) is 6.89. The lowest BCUT2D eigenvalue weighted by atomic mass is 9.87. The molecule has 0 radical (unpaired) electrons. The van der Waals surface area contributed by atoms with E-state index in [9.17, 15) is 0 Å². The van der Waals surface area contributed by atoms with Crippen molar-refractivity contribution in [2.24, 2.45) is 0 Å². The van der Waals surface area contributed by atoms with Crippen molar-refractivity contribution in [3.8, 4) is 11.3 Å². The van der Waals surface area contributed by atoms with E-state index in [1.165, 1.54) is 36.3 Å². The fourth-order valence-corrected chi connectivity index (χ4v) is 4.20. The first-order valence-corrected chi connectivity index (χ1v) is 7.88. The van der Waals surface area contributed by atoms with Gasteiger partial charge in [0, 0.05) is 22.9 Å². The van der Waals surface area contributed by atoms with Crippen LogP contribution in [0.3, 0.4) is 0 Å². The largest absolute Gasteiger partial charge is 0.319 e. The van der Waals surface area contributed by atoms with Crippen molar-refractivity contribution in [3.05, 3.63) is 40.7 Å². The Bertz CT molecular complexity index is 527. The molecule has 2 aromatic rings. The van der Waals surface area contributed by atoms with E-state index in [4.69, 9.17) is 4.98 Å². The lowest BCUT2D eigenvalue weighted by molar-refractivity contribution is 0.419. The molecule has 1 aliphatic rings. The lowest BCUT2D eigenvalue weighted by Crippen LogP contribution is -2.34. The second-order valence-corrected chi connectivity index (χ2v) is 6.28. The summed E-state index contributed by atoms with van der Waals surface area (Å²) in [5.74, 6) is 0. The molecule has 1 N–H and O–H groups in total. The summed E-state index contributed by atoms with van der Waals surface area (Å²) >= 11 is 1.83. The second kappa shape index (κ2) is 5.43. The van der Waals surface area contributed by atoms with Gasteiger partial charge < -0.3 is 5.32 Å². The molecule has 100 valence electrons. The van der Waals surface area contributed by atoms with Crippen LogP contribution in [0.15, 0.2) is 35.7 Å². The van der Waals surface area contributed by atoms with Gasteiger partial charge in [-0.1, -0.05) is 43.2 Å². The van der Waals surface area contributed by atoms with Crippen LogP contribution >= 0.6 is 11.3 Å². The molecule has 1 heterocycles. The van der Waals surface area contributed by atoms with Crippen molar-refractivity contribution in [2.75, 3.05) is 13.6 Å². The van der Waals surface area contributed by atoms with Crippen LogP contribution in [-0.4, -0.2) is 18.6 Å². The van der Waals surface area contributed by atoms with Gasteiger partial charge in [0.2, 0.25) is 0 Å². The first-order chi connectivity index (χ1) is 9.34. The molecular formula is C16H20N2S. The predicted octanol–water partition coefficient (Wildman–Crippen LogP) is 3.84.